The van der Waals surface area contributed by atoms with Crippen LogP contribution in [0.1, 0.15) is 25.6 Å². The lowest BCUT2D eigenvalue weighted by Crippen LogP contribution is -2.41. The van der Waals surface area contributed by atoms with Crippen molar-refractivity contribution in [2.24, 2.45) is 5.92 Å². The van der Waals surface area contributed by atoms with E-state index < -0.39 is 6.10 Å². The van der Waals surface area contributed by atoms with Gasteiger partial charge in [-0.25, -0.2) is 0 Å². The lowest BCUT2D eigenvalue weighted by Gasteiger charge is -2.21. The lowest BCUT2D eigenvalue weighted by atomic mass is 10.1. The molecule has 0 radical (unpaired) electrons. The molecule has 0 saturated carbocycles. The molecule has 1 atom stereocenters. The summed E-state index contributed by atoms with van der Waals surface area (Å²) in [7, 11) is 0. The highest BCUT2D eigenvalue weighted by molar-refractivity contribution is 5.81. The van der Waals surface area contributed by atoms with Crippen LogP contribution >= 0.6 is 0 Å². The van der Waals surface area contributed by atoms with Gasteiger partial charge >= 0.3 is 0 Å². The van der Waals surface area contributed by atoms with E-state index in [-0.39, 0.29) is 18.4 Å². The summed E-state index contributed by atoms with van der Waals surface area (Å²) < 4.78 is 11.0. The van der Waals surface area contributed by atoms with Crippen molar-refractivity contribution < 1.29 is 13.9 Å². The van der Waals surface area contributed by atoms with E-state index in [9.17, 15) is 4.79 Å². The molecule has 2 rings (SSSR count). The Morgan fingerprint density at radius 2 is 2.00 bits per heavy atom. The zero-order chi connectivity index (χ0) is 15.2. The fraction of sp³-hybridized carbons (Fsp3) is 0.400. The zero-order valence-corrected chi connectivity index (χ0v) is 12.4. The number of carbonyl (C=O) groups is 1. The average molecular weight is 289 g/mol. The van der Waals surface area contributed by atoms with Crippen molar-refractivity contribution in [2.75, 3.05) is 0 Å². The second-order valence-corrected chi connectivity index (χ2v) is 5.03. The first-order chi connectivity index (χ1) is 10.1. The summed E-state index contributed by atoms with van der Waals surface area (Å²) in [4.78, 5) is 12.2. The number of carbonyl (C=O) groups excluding carboxylic acids is 1. The van der Waals surface area contributed by atoms with Crippen LogP contribution in [0.5, 0.6) is 5.75 Å². The molecule has 1 aromatic carbocycles. The van der Waals surface area contributed by atoms with E-state index in [1.165, 1.54) is 0 Å². The van der Waals surface area contributed by atoms with Gasteiger partial charge in [0.05, 0.1) is 6.54 Å². The van der Waals surface area contributed by atoms with Crippen molar-refractivity contribution in [3.8, 4) is 5.75 Å². The number of nitrogens with zero attached hydrogens (tertiary/aromatic N) is 2. The monoisotopic (exact) mass is 289 g/mol. The molecule has 21 heavy (non-hydrogen) atoms. The molecule has 0 saturated heterocycles. The molecule has 1 amide bonds. The van der Waals surface area contributed by atoms with Crippen molar-refractivity contribution in [3.05, 3.63) is 42.1 Å². The molecule has 6 heteroatoms. The van der Waals surface area contributed by atoms with Gasteiger partial charge in [0, 0.05) is 6.92 Å². The lowest BCUT2D eigenvalue weighted by molar-refractivity contribution is -0.130. The fourth-order valence-corrected chi connectivity index (χ4v) is 1.81. The predicted molar refractivity (Wildman–Crippen MR) is 76.6 cm³/mol. The summed E-state index contributed by atoms with van der Waals surface area (Å²) in [6.07, 6.45) is -0.573. The van der Waals surface area contributed by atoms with Gasteiger partial charge in [-0.1, -0.05) is 32.0 Å². The van der Waals surface area contributed by atoms with E-state index >= 15 is 0 Å². The van der Waals surface area contributed by atoms with Crippen LogP contribution < -0.4 is 10.1 Å². The van der Waals surface area contributed by atoms with Crippen LogP contribution in [0.15, 0.2) is 34.7 Å². The smallest absolute Gasteiger partial charge is 0.261 e. The summed E-state index contributed by atoms with van der Waals surface area (Å²) in [5, 5.41) is 10.3. The summed E-state index contributed by atoms with van der Waals surface area (Å²) in [5.41, 5.74) is 0. The second kappa shape index (κ2) is 6.88. The third-order valence-electron chi connectivity index (χ3n) is 2.85. The van der Waals surface area contributed by atoms with E-state index in [0.29, 0.717) is 17.5 Å². The first-order valence-electron chi connectivity index (χ1n) is 6.84. The Morgan fingerprint density at radius 3 is 2.57 bits per heavy atom. The number of para-hydroxylation sites is 1. The van der Waals surface area contributed by atoms with E-state index in [1.807, 2.05) is 44.2 Å². The molecule has 112 valence electrons. The van der Waals surface area contributed by atoms with E-state index in [0.717, 1.165) is 0 Å². The molecule has 0 spiro atoms. The van der Waals surface area contributed by atoms with Crippen LogP contribution in [-0.2, 0) is 11.3 Å². The summed E-state index contributed by atoms with van der Waals surface area (Å²) >= 11 is 0. The highest BCUT2D eigenvalue weighted by Gasteiger charge is 2.24. The Kier molecular flexibility index (Phi) is 4.92. The minimum atomic E-state index is -0.573. The molecule has 1 heterocycles. The molecule has 1 unspecified atom stereocenters. The summed E-state index contributed by atoms with van der Waals surface area (Å²) in [5.74, 6) is 1.35. The van der Waals surface area contributed by atoms with Crippen LogP contribution in [0.4, 0.5) is 0 Å². The number of ether oxygens (including phenoxy) is 1. The SMILES string of the molecule is Cc1nnc(CNC(=O)C(Oc2ccccc2)C(C)C)o1. The molecule has 0 fully saturated rings. The van der Waals surface area contributed by atoms with Crippen LogP contribution in [0.2, 0.25) is 0 Å². The molecular weight excluding hydrogens is 270 g/mol. The van der Waals surface area contributed by atoms with E-state index in [2.05, 4.69) is 15.5 Å². The topological polar surface area (TPSA) is 77.2 Å². The van der Waals surface area contributed by atoms with Gasteiger partial charge in [-0.2, -0.15) is 0 Å². The second-order valence-electron chi connectivity index (χ2n) is 5.03. The normalized spacial score (nSPS) is 12.2. The van der Waals surface area contributed by atoms with Gasteiger partial charge in [0.1, 0.15) is 5.75 Å². The molecule has 1 aromatic heterocycles. The van der Waals surface area contributed by atoms with E-state index in [4.69, 9.17) is 9.15 Å². The highest BCUT2D eigenvalue weighted by atomic mass is 16.5. The van der Waals surface area contributed by atoms with Crippen LogP contribution in [0.3, 0.4) is 0 Å². The standard InChI is InChI=1S/C15H19N3O3/c1-10(2)14(21-12-7-5-4-6-8-12)15(19)16-9-13-18-17-11(3)20-13/h4-8,10,14H,9H2,1-3H3,(H,16,19). The van der Waals surface area contributed by atoms with Crippen LogP contribution in [0.25, 0.3) is 0 Å². The van der Waals surface area contributed by atoms with Gasteiger partial charge in [0.15, 0.2) is 6.10 Å². The highest BCUT2D eigenvalue weighted by Crippen LogP contribution is 2.15. The summed E-state index contributed by atoms with van der Waals surface area (Å²) in [6, 6.07) is 9.28. The Hall–Kier alpha value is -2.37. The minimum Gasteiger partial charge on any atom is -0.480 e. The number of nitrogens with one attached hydrogen (secondary N) is 1. The van der Waals surface area contributed by atoms with Gasteiger partial charge < -0.3 is 14.5 Å². The largest absolute Gasteiger partial charge is 0.480 e. The Balaban J connectivity index is 1.95. The number of amides is 1. The average Bonchev–Trinajstić information content (AvgIpc) is 2.89. The molecule has 2 aromatic rings. The number of aromatic nitrogens is 2. The maximum Gasteiger partial charge on any atom is 0.261 e. The maximum absolute atomic E-state index is 12.2. The first-order valence-corrected chi connectivity index (χ1v) is 6.84. The molecular formula is C15H19N3O3. The van der Waals surface area contributed by atoms with Gasteiger partial charge in [-0.15, -0.1) is 10.2 Å². The molecule has 0 aliphatic heterocycles. The molecule has 1 N–H and O–H groups in total. The van der Waals surface area contributed by atoms with Gasteiger partial charge in [0.25, 0.3) is 5.91 Å². The van der Waals surface area contributed by atoms with Crippen molar-refractivity contribution in [1.29, 1.82) is 0 Å². The van der Waals surface area contributed by atoms with Crippen molar-refractivity contribution in [1.82, 2.24) is 15.5 Å². The number of rotatable bonds is 6. The van der Waals surface area contributed by atoms with Gasteiger partial charge in [-0.3, -0.25) is 4.79 Å². The fourth-order valence-electron chi connectivity index (χ4n) is 1.81. The van der Waals surface area contributed by atoms with Crippen molar-refractivity contribution in [3.63, 3.8) is 0 Å². The quantitative estimate of drug-likeness (QED) is 0.881. The Bertz CT molecular complexity index is 581. The third-order valence-corrected chi connectivity index (χ3v) is 2.85. The van der Waals surface area contributed by atoms with Gasteiger partial charge in [0.2, 0.25) is 11.8 Å². The zero-order valence-electron chi connectivity index (χ0n) is 12.4. The number of benzene rings is 1. The van der Waals surface area contributed by atoms with Crippen LogP contribution in [0, 0.1) is 12.8 Å². The Morgan fingerprint density at radius 1 is 1.29 bits per heavy atom. The molecule has 0 aliphatic rings. The third kappa shape index (κ3) is 4.30. The minimum absolute atomic E-state index is 0.0367. The molecule has 0 bridgehead atoms. The van der Waals surface area contributed by atoms with Crippen molar-refractivity contribution >= 4 is 5.91 Å². The van der Waals surface area contributed by atoms with Crippen molar-refractivity contribution in [2.45, 2.75) is 33.4 Å². The number of aryl methyl sites for hydroxylation is 1. The molecule has 0 aliphatic carbocycles. The van der Waals surface area contributed by atoms with Gasteiger partial charge in [-0.05, 0) is 18.1 Å². The molecule has 6 nitrogen and oxygen atoms in total. The van der Waals surface area contributed by atoms with Crippen LogP contribution in [-0.4, -0.2) is 22.2 Å². The Labute approximate surface area is 123 Å². The summed E-state index contributed by atoms with van der Waals surface area (Å²) in [6.45, 7) is 5.77. The first kappa shape index (κ1) is 15.0. The number of hydrogen-bond donors (Lipinski definition) is 1. The maximum atomic E-state index is 12.2. The number of hydrogen-bond acceptors (Lipinski definition) is 5. The predicted octanol–water partition coefficient (Wildman–Crippen LogP) is 2.10. The van der Waals surface area contributed by atoms with E-state index in [1.54, 1.807) is 6.92 Å².